The van der Waals surface area contributed by atoms with Crippen molar-refractivity contribution in [1.82, 2.24) is 9.97 Å². The number of aromatic amines is 1. The van der Waals surface area contributed by atoms with Crippen LogP contribution in [0.3, 0.4) is 0 Å². The Morgan fingerprint density at radius 3 is 1.94 bits per heavy atom. The summed E-state index contributed by atoms with van der Waals surface area (Å²) >= 11 is 0. The molecule has 0 aliphatic rings. The van der Waals surface area contributed by atoms with E-state index in [-0.39, 0.29) is 35.3 Å². The van der Waals surface area contributed by atoms with Gasteiger partial charge < -0.3 is 16.0 Å². The number of pyridine rings is 1. The van der Waals surface area contributed by atoms with Crippen molar-refractivity contribution >= 4 is 28.1 Å². The number of aromatic nitrogens is 2. The average molecular weight is 440 g/mol. The monoisotopic (exact) mass is 440 g/mol. The molecule has 4 N–H and O–H groups in total. The molecule has 0 aliphatic carbocycles. The van der Waals surface area contributed by atoms with Gasteiger partial charge in [-0.2, -0.15) is 0 Å². The number of halogens is 2. The van der Waals surface area contributed by atoms with E-state index in [0.29, 0.717) is 11.3 Å². The minimum Gasteiger partial charge on any atom is -0.398 e. The number of hydrogen-bond donors (Lipinski definition) is 3. The quantitative estimate of drug-likeness (QED) is 0.270. The molecule has 164 valence electrons. The molecule has 0 spiro atoms. The Hall–Kier alpha value is -4.19. The van der Waals surface area contributed by atoms with E-state index in [9.17, 15) is 0 Å². The fourth-order valence-electron chi connectivity index (χ4n) is 4.08. The van der Waals surface area contributed by atoms with Crippen LogP contribution in [-0.2, 0) is 12.8 Å². The van der Waals surface area contributed by atoms with E-state index in [0.717, 1.165) is 16.5 Å². The summed E-state index contributed by atoms with van der Waals surface area (Å²) in [4.78, 5) is 7.26. The minimum atomic E-state index is -0.689. The predicted octanol–water partition coefficient (Wildman–Crippen LogP) is 6.35. The highest BCUT2D eigenvalue weighted by Crippen LogP contribution is 2.37. The number of fused-ring (bicyclic) bond motifs is 1. The van der Waals surface area contributed by atoms with Gasteiger partial charge in [0.15, 0.2) is 11.6 Å². The second-order valence-corrected chi connectivity index (χ2v) is 7.92. The number of anilines is 3. The number of nitrogen functional groups attached to an aromatic ring is 1. The molecule has 0 amide bonds. The van der Waals surface area contributed by atoms with Gasteiger partial charge in [-0.25, -0.2) is 13.8 Å². The number of H-pyrrole nitrogens is 1. The zero-order valence-electron chi connectivity index (χ0n) is 17.8. The standard InChI is InChI=1S/C27H22F2N4/c28-23-20(15-17-7-3-1-4-8-17)25(30)21(16-18-9-5-2-6-10-18)24(29)26(23)33-22-12-14-32-27-19(22)11-13-31-27/h1-14H,15-16,30H2,(H2,31,32,33). The molecular formula is C27H22F2N4. The number of nitrogens with two attached hydrogens (primary N) is 1. The first-order chi connectivity index (χ1) is 16.1. The minimum absolute atomic E-state index is 0.143. The van der Waals surface area contributed by atoms with Crippen LogP contribution in [0.1, 0.15) is 22.3 Å². The van der Waals surface area contributed by atoms with Gasteiger partial charge in [-0.3, -0.25) is 0 Å². The molecule has 0 saturated heterocycles. The third-order valence-electron chi connectivity index (χ3n) is 5.79. The molecule has 33 heavy (non-hydrogen) atoms. The number of nitrogens with zero attached hydrogens (tertiary/aromatic N) is 1. The Morgan fingerprint density at radius 1 is 0.788 bits per heavy atom. The first-order valence-corrected chi connectivity index (χ1v) is 10.7. The highest BCUT2D eigenvalue weighted by molar-refractivity contribution is 5.91. The summed E-state index contributed by atoms with van der Waals surface area (Å²) in [5, 5.41) is 3.72. The molecule has 5 rings (SSSR count). The number of hydrogen-bond acceptors (Lipinski definition) is 3. The van der Waals surface area contributed by atoms with Crippen molar-refractivity contribution in [2.24, 2.45) is 0 Å². The molecule has 0 fully saturated rings. The third kappa shape index (κ3) is 4.03. The van der Waals surface area contributed by atoms with Crippen LogP contribution in [0.25, 0.3) is 11.0 Å². The van der Waals surface area contributed by atoms with Gasteiger partial charge in [0, 0.05) is 47.4 Å². The Morgan fingerprint density at radius 2 is 1.36 bits per heavy atom. The van der Waals surface area contributed by atoms with Crippen molar-refractivity contribution in [2.75, 3.05) is 11.1 Å². The maximum absolute atomic E-state index is 15.8. The molecule has 0 atom stereocenters. The molecule has 0 unspecified atom stereocenters. The lowest BCUT2D eigenvalue weighted by atomic mass is 9.94. The summed E-state index contributed by atoms with van der Waals surface area (Å²) in [6, 6.07) is 22.4. The van der Waals surface area contributed by atoms with Gasteiger partial charge in [0.2, 0.25) is 0 Å². The second kappa shape index (κ2) is 8.74. The lowest BCUT2D eigenvalue weighted by molar-refractivity contribution is 0.576. The maximum Gasteiger partial charge on any atom is 0.155 e. The zero-order chi connectivity index (χ0) is 22.8. The van der Waals surface area contributed by atoms with Crippen LogP contribution >= 0.6 is 0 Å². The van der Waals surface area contributed by atoms with Gasteiger partial charge in [0.05, 0.1) is 5.69 Å². The number of nitrogens with one attached hydrogen (secondary N) is 2. The molecule has 2 heterocycles. The summed E-state index contributed by atoms with van der Waals surface area (Å²) in [6.07, 6.45) is 3.83. The fourth-order valence-corrected chi connectivity index (χ4v) is 4.08. The Kier molecular flexibility index (Phi) is 5.48. The van der Waals surface area contributed by atoms with Gasteiger partial charge in [0.25, 0.3) is 0 Å². The van der Waals surface area contributed by atoms with Gasteiger partial charge in [0.1, 0.15) is 11.3 Å². The van der Waals surface area contributed by atoms with E-state index in [1.54, 1.807) is 18.5 Å². The predicted molar refractivity (Wildman–Crippen MR) is 129 cm³/mol. The molecule has 0 aliphatic heterocycles. The van der Waals surface area contributed by atoms with Crippen LogP contribution in [0, 0.1) is 11.6 Å². The van der Waals surface area contributed by atoms with Gasteiger partial charge in [-0.05, 0) is 23.3 Å². The summed E-state index contributed by atoms with van der Waals surface area (Å²) in [7, 11) is 0. The molecule has 0 saturated carbocycles. The molecule has 4 nitrogen and oxygen atoms in total. The summed E-state index contributed by atoms with van der Waals surface area (Å²) < 4.78 is 31.6. The van der Waals surface area contributed by atoms with E-state index < -0.39 is 11.6 Å². The number of benzene rings is 3. The molecule has 3 aromatic carbocycles. The summed E-state index contributed by atoms with van der Waals surface area (Å²) in [5.41, 5.74) is 9.84. The van der Waals surface area contributed by atoms with Gasteiger partial charge >= 0.3 is 0 Å². The Balaban J connectivity index is 1.65. The Labute approximate surface area is 190 Å². The largest absolute Gasteiger partial charge is 0.398 e. The van der Waals surface area contributed by atoms with Crippen molar-refractivity contribution in [1.29, 1.82) is 0 Å². The lowest BCUT2D eigenvalue weighted by Crippen LogP contribution is -2.11. The molecule has 5 aromatic rings. The third-order valence-corrected chi connectivity index (χ3v) is 5.79. The summed E-state index contributed by atoms with van der Waals surface area (Å²) in [5.74, 6) is -1.38. The van der Waals surface area contributed by atoms with E-state index in [1.165, 1.54) is 0 Å². The van der Waals surface area contributed by atoms with E-state index in [1.807, 2.05) is 66.7 Å². The summed E-state index contributed by atoms with van der Waals surface area (Å²) in [6.45, 7) is 0. The second-order valence-electron chi connectivity index (χ2n) is 7.92. The molecule has 6 heteroatoms. The highest BCUT2D eigenvalue weighted by atomic mass is 19.1. The lowest BCUT2D eigenvalue weighted by Gasteiger charge is -2.19. The first-order valence-electron chi connectivity index (χ1n) is 10.7. The topological polar surface area (TPSA) is 66.7 Å². The number of rotatable bonds is 6. The average Bonchev–Trinajstić information content (AvgIpc) is 3.33. The van der Waals surface area contributed by atoms with E-state index >= 15 is 8.78 Å². The normalized spacial score (nSPS) is 11.1. The molecule has 0 radical (unpaired) electrons. The van der Waals surface area contributed by atoms with Crippen LogP contribution in [0.2, 0.25) is 0 Å². The van der Waals surface area contributed by atoms with Crippen LogP contribution in [0.5, 0.6) is 0 Å². The van der Waals surface area contributed by atoms with Crippen molar-refractivity contribution in [3.8, 4) is 0 Å². The van der Waals surface area contributed by atoms with Gasteiger partial charge in [-0.15, -0.1) is 0 Å². The van der Waals surface area contributed by atoms with Crippen molar-refractivity contribution < 1.29 is 8.78 Å². The van der Waals surface area contributed by atoms with Crippen molar-refractivity contribution in [3.63, 3.8) is 0 Å². The van der Waals surface area contributed by atoms with Crippen LogP contribution < -0.4 is 11.1 Å². The van der Waals surface area contributed by atoms with E-state index in [2.05, 4.69) is 15.3 Å². The smallest absolute Gasteiger partial charge is 0.155 e. The van der Waals surface area contributed by atoms with Crippen molar-refractivity contribution in [3.05, 3.63) is 119 Å². The van der Waals surface area contributed by atoms with E-state index in [4.69, 9.17) is 5.73 Å². The van der Waals surface area contributed by atoms with Crippen LogP contribution in [0.4, 0.5) is 25.8 Å². The van der Waals surface area contributed by atoms with Crippen molar-refractivity contribution in [2.45, 2.75) is 12.8 Å². The maximum atomic E-state index is 15.8. The Bertz CT molecular complexity index is 1340. The SMILES string of the molecule is Nc1c(Cc2ccccc2)c(F)c(Nc2ccnc3[nH]ccc23)c(F)c1Cc1ccccc1. The molecule has 0 bridgehead atoms. The first kappa shape index (κ1) is 20.7. The molecule has 2 aromatic heterocycles. The highest BCUT2D eigenvalue weighted by Gasteiger charge is 2.24. The van der Waals surface area contributed by atoms with Crippen LogP contribution in [0.15, 0.2) is 85.2 Å². The van der Waals surface area contributed by atoms with Crippen LogP contribution in [-0.4, -0.2) is 9.97 Å². The zero-order valence-corrected chi connectivity index (χ0v) is 17.8. The molecular weight excluding hydrogens is 418 g/mol. The van der Waals surface area contributed by atoms with Gasteiger partial charge in [-0.1, -0.05) is 60.7 Å². The fraction of sp³-hybridized carbons (Fsp3) is 0.0741.